The Balaban J connectivity index is 1.60. The van der Waals surface area contributed by atoms with Crippen molar-refractivity contribution in [3.8, 4) is 0 Å². The van der Waals surface area contributed by atoms with Gasteiger partial charge in [0.25, 0.3) is 0 Å². The van der Waals surface area contributed by atoms with E-state index in [4.69, 9.17) is 5.73 Å². The van der Waals surface area contributed by atoms with E-state index in [9.17, 15) is 4.39 Å². The van der Waals surface area contributed by atoms with E-state index in [1.807, 2.05) is 0 Å². The van der Waals surface area contributed by atoms with Crippen molar-refractivity contribution in [2.24, 2.45) is 5.92 Å². The van der Waals surface area contributed by atoms with Gasteiger partial charge in [0, 0.05) is 18.8 Å². The molecule has 1 aliphatic heterocycles. The van der Waals surface area contributed by atoms with Crippen LogP contribution in [0, 0.1) is 11.7 Å². The summed E-state index contributed by atoms with van der Waals surface area (Å²) >= 11 is 0. The molecule has 1 saturated heterocycles. The average molecular weight is 284 g/mol. The van der Waals surface area contributed by atoms with Crippen molar-refractivity contribution in [3.05, 3.63) is 59.9 Å². The van der Waals surface area contributed by atoms with E-state index in [2.05, 4.69) is 35.2 Å². The lowest BCUT2D eigenvalue weighted by Crippen LogP contribution is -2.34. The van der Waals surface area contributed by atoms with Crippen molar-refractivity contribution in [2.45, 2.75) is 19.3 Å². The van der Waals surface area contributed by atoms with Gasteiger partial charge in [0.2, 0.25) is 0 Å². The molecular weight excluding hydrogens is 263 g/mol. The maximum absolute atomic E-state index is 14.0. The summed E-state index contributed by atoms with van der Waals surface area (Å²) < 4.78 is 14.0. The van der Waals surface area contributed by atoms with Gasteiger partial charge in [-0.15, -0.1) is 0 Å². The summed E-state index contributed by atoms with van der Waals surface area (Å²) in [5.74, 6) is 0.483. The third-order valence-electron chi connectivity index (χ3n) is 4.29. The number of piperidine rings is 1. The molecular formula is C18H21FN2. The van der Waals surface area contributed by atoms with E-state index < -0.39 is 0 Å². The molecule has 3 rings (SSSR count). The fourth-order valence-corrected chi connectivity index (χ4v) is 3.11. The highest BCUT2D eigenvalue weighted by Crippen LogP contribution is 2.28. The first-order chi connectivity index (χ1) is 10.2. The molecule has 0 amide bonds. The number of rotatable bonds is 3. The van der Waals surface area contributed by atoms with Gasteiger partial charge in [-0.05, 0) is 48.9 Å². The van der Waals surface area contributed by atoms with Crippen molar-refractivity contribution in [1.82, 2.24) is 0 Å². The molecule has 1 heterocycles. The maximum Gasteiger partial charge on any atom is 0.148 e. The van der Waals surface area contributed by atoms with Crippen LogP contribution in [0.2, 0.25) is 0 Å². The van der Waals surface area contributed by atoms with Crippen molar-refractivity contribution in [3.63, 3.8) is 0 Å². The molecule has 3 heteroatoms. The van der Waals surface area contributed by atoms with Gasteiger partial charge in [-0.1, -0.05) is 30.3 Å². The maximum atomic E-state index is 14.0. The number of anilines is 2. The Labute approximate surface area is 125 Å². The minimum Gasteiger partial charge on any atom is -0.399 e. The van der Waals surface area contributed by atoms with Gasteiger partial charge < -0.3 is 10.6 Å². The molecule has 1 fully saturated rings. The highest BCUT2D eigenvalue weighted by Gasteiger charge is 2.21. The predicted molar refractivity (Wildman–Crippen MR) is 85.9 cm³/mol. The summed E-state index contributed by atoms with van der Waals surface area (Å²) in [6.45, 7) is 1.83. The number of nitrogen functional groups attached to an aromatic ring is 1. The van der Waals surface area contributed by atoms with Crippen molar-refractivity contribution in [1.29, 1.82) is 0 Å². The van der Waals surface area contributed by atoms with Gasteiger partial charge in [0.15, 0.2) is 0 Å². The fraction of sp³-hybridized carbons (Fsp3) is 0.333. The molecule has 21 heavy (non-hydrogen) atoms. The highest BCUT2D eigenvalue weighted by molar-refractivity contribution is 5.54. The lowest BCUT2D eigenvalue weighted by Gasteiger charge is -2.34. The van der Waals surface area contributed by atoms with Gasteiger partial charge in [0.1, 0.15) is 5.82 Å². The van der Waals surface area contributed by atoms with Gasteiger partial charge in [-0.2, -0.15) is 0 Å². The molecule has 0 bridgehead atoms. The predicted octanol–water partition coefficient (Wildman–Crippen LogP) is 3.87. The van der Waals surface area contributed by atoms with Crippen LogP contribution in [0.25, 0.3) is 0 Å². The van der Waals surface area contributed by atoms with E-state index in [-0.39, 0.29) is 5.82 Å². The Kier molecular flexibility index (Phi) is 4.09. The number of hydrogen-bond acceptors (Lipinski definition) is 2. The Morgan fingerprint density at radius 2 is 1.76 bits per heavy atom. The lowest BCUT2D eigenvalue weighted by molar-refractivity contribution is 0.401. The zero-order chi connectivity index (χ0) is 14.7. The normalized spacial score (nSPS) is 16.1. The van der Waals surface area contributed by atoms with E-state index >= 15 is 0 Å². The minimum absolute atomic E-state index is 0.212. The van der Waals surface area contributed by atoms with Gasteiger partial charge in [-0.3, -0.25) is 0 Å². The molecule has 0 radical (unpaired) electrons. The van der Waals surface area contributed by atoms with Crippen LogP contribution in [-0.4, -0.2) is 13.1 Å². The molecule has 0 aliphatic carbocycles. The Morgan fingerprint density at radius 1 is 1.05 bits per heavy atom. The van der Waals surface area contributed by atoms with Crippen molar-refractivity contribution in [2.75, 3.05) is 23.7 Å². The molecule has 1 aliphatic rings. The van der Waals surface area contributed by atoms with E-state index in [0.29, 0.717) is 17.3 Å². The third-order valence-corrected chi connectivity index (χ3v) is 4.29. The quantitative estimate of drug-likeness (QED) is 0.867. The Hall–Kier alpha value is -2.03. The van der Waals surface area contributed by atoms with E-state index in [1.165, 1.54) is 11.6 Å². The summed E-state index contributed by atoms with van der Waals surface area (Å²) in [5.41, 5.74) is 8.17. The molecule has 0 aromatic heterocycles. The molecule has 0 unspecified atom stereocenters. The monoisotopic (exact) mass is 284 g/mol. The summed E-state index contributed by atoms with van der Waals surface area (Å²) in [7, 11) is 0. The highest BCUT2D eigenvalue weighted by atomic mass is 19.1. The van der Waals surface area contributed by atoms with Gasteiger partial charge in [-0.25, -0.2) is 4.39 Å². The standard InChI is InChI=1S/C18H21FN2/c19-17-13-16(20)6-7-18(17)21-10-8-15(9-11-21)12-14-4-2-1-3-5-14/h1-7,13,15H,8-12,20H2. The zero-order valence-electron chi connectivity index (χ0n) is 12.1. The smallest absolute Gasteiger partial charge is 0.148 e. The second kappa shape index (κ2) is 6.17. The molecule has 0 saturated carbocycles. The summed E-state index contributed by atoms with van der Waals surface area (Å²) in [4.78, 5) is 2.14. The first-order valence-corrected chi connectivity index (χ1v) is 7.56. The molecule has 2 aromatic carbocycles. The lowest BCUT2D eigenvalue weighted by atomic mass is 9.90. The topological polar surface area (TPSA) is 29.3 Å². The van der Waals surface area contributed by atoms with Gasteiger partial charge in [0.05, 0.1) is 5.69 Å². The van der Waals surface area contributed by atoms with Crippen LogP contribution >= 0.6 is 0 Å². The molecule has 2 N–H and O–H groups in total. The summed E-state index contributed by atoms with van der Waals surface area (Å²) in [6, 6.07) is 15.6. The molecule has 0 atom stereocenters. The molecule has 2 aromatic rings. The number of nitrogens with zero attached hydrogens (tertiary/aromatic N) is 1. The fourth-order valence-electron chi connectivity index (χ4n) is 3.11. The van der Waals surface area contributed by atoms with E-state index in [0.717, 1.165) is 32.4 Å². The Morgan fingerprint density at radius 3 is 2.43 bits per heavy atom. The number of halogens is 1. The third kappa shape index (κ3) is 3.35. The van der Waals surface area contributed by atoms with E-state index in [1.54, 1.807) is 12.1 Å². The number of nitrogens with two attached hydrogens (primary N) is 1. The first-order valence-electron chi connectivity index (χ1n) is 7.56. The summed E-state index contributed by atoms with van der Waals surface area (Å²) in [5, 5.41) is 0. The van der Waals surface area contributed by atoms with Gasteiger partial charge >= 0.3 is 0 Å². The number of hydrogen-bond donors (Lipinski definition) is 1. The van der Waals surface area contributed by atoms with Crippen LogP contribution in [0.5, 0.6) is 0 Å². The summed E-state index contributed by atoms with van der Waals surface area (Å²) in [6.07, 6.45) is 3.34. The van der Waals surface area contributed by atoms with Crippen LogP contribution < -0.4 is 10.6 Å². The largest absolute Gasteiger partial charge is 0.399 e. The number of benzene rings is 2. The van der Waals surface area contributed by atoms with Crippen LogP contribution in [0.15, 0.2) is 48.5 Å². The average Bonchev–Trinajstić information content (AvgIpc) is 2.49. The minimum atomic E-state index is -0.212. The Bertz CT molecular complexity index is 589. The van der Waals surface area contributed by atoms with Crippen molar-refractivity contribution >= 4 is 11.4 Å². The van der Waals surface area contributed by atoms with Crippen molar-refractivity contribution < 1.29 is 4.39 Å². The van der Waals surface area contributed by atoms with Crippen LogP contribution in [0.3, 0.4) is 0 Å². The molecule has 2 nitrogen and oxygen atoms in total. The molecule has 0 spiro atoms. The van der Waals surface area contributed by atoms with Crippen LogP contribution in [0.4, 0.5) is 15.8 Å². The molecule has 110 valence electrons. The first kappa shape index (κ1) is 13.9. The zero-order valence-corrected chi connectivity index (χ0v) is 12.1. The van der Waals surface area contributed by atoms with Crippen LogP contribution in [0.1, 0.15) is 18.4 Å². The van der Waals surface area contributed by atoms with Crippen LogP contribution in [-0.2, 0) is 6.42 Å². The SMILES string of the molecule is Nc1ccc(N2CCC(Cc3ccccc3)CC2)c(F)c1. The second-order valence-corrected chi connectivity index (χ2v) is 5.83. The second-order valence-electron chi connectivity index (χ2n) is 5.83.